The molecule has 0 rings (SSSR count). The molecule has 1 amide bonds. The summed E-state index contributed by atoms with van der Waals surface area (Å²) in [6, 6.07) is -0.851. The van der Waals surface area contributed by atoms with E-state index in [-0.39, 0.29) is 31.5 Å². The van der Waals surface area contributed by atoms with Gasteiger partial charge >= 0.3 is 13.8 Å². The van der Waals surface area contributed by atoms with E-state index in [0.717, 1.165) is 77.0 Å². The summed E-state index contributed by atoms with van der Waals surface area (Å²) in [5.41, 5.74) is 0. The minimum absolute atomic E-state index is 0.0395. The highest BCUT2D eigenvalue weighted by atomic mass is 31.2. The topological polar surface area (TPSA) is 111 Å². The van der Waals surface area contributed by atoms with Crippen LogP contribution in [0.5, 0.6) is 0 Å². The fourth-order valence-corrected chi connectivity index (χ4v) is 10.9. The molecule has 0 aromatic heterocycles. The van der Waals surface area contributed by atoms with Crippen LogP contribution in [0.25, 0.3) is 0 Å². The fourth-order valence-electron chi connectivity index (χ4n) is 10.2. The van der Waals surface area contributed by atoms with E-state index >= 15 is 0 Å². The number of allylic oxidation sites excluding steroid dienone is 7. The molecule has 0 spiro atoms. The molecule has 470 valence electrons. The van der Waals surface area contributed by atoms with Gasteiger partial charge in [-0.2, -0.15) is 0 Å². The van der Waals surface area contributed by atoms with Gasteiger partial charge in [0.2, 0.25) is 5.91 Å². The highest BCUT2D eigenvalue weighted by Gasteiger charge is 2.30. The van der Waals surface area contributed by atoms with E-state index in [1.807, 2.05) is 33.3 Å². The zero-order valence-corrected chi connectivity index (χ0v) is 54.7. The highest BCUT2D eigenvalue weighted by molar-refractivity contribution is 7.47. The second kappa shape index (κ2) is 60.1. The number of quaternary nitrogens is 1. The number of carbonyl (C=O) groups is 2. The van der Waals surface area contributed by atoms with Crippen LogP contribution in [0.4, 0.5) is 0 Å². The Morgan fingerprint density at radius 2 is 0.762 bits per heavy atom. The van der Waals surface area contributed by atoms with Crippen LogP contribution in [0.2, 0.25) is 0 Å². The Hall–Kier alpha value is -2.03. The third-order valence-corrected chi connectivity index (χ3v) is 16.5. The molecular formula is C70H134N2O7P+. The molecule has 80 heavy (non-hydrogen) atoms. The molecule has 3 unspecified atom stereocenters. The summed E-state index contributed by atoms with van der Waals surface area (Å²) in [6.45, 7) is 7.01. The van der Waals surface area contributed by atoms with Crippen molar-refractivity contribution in [2.45, 2.75) is 348 Å². The summed E-state index contributed by atoms with van der Waals surface area (Å²) in [7, 11) is 1.50. The maximum absolute atomic E-state index is 13.6. The molecular weight excluding hydrogens is 1010 g/mol. The number of amides is 1. The summed E-state index contributed by atoms with van der Waals surface area (Å²) in [5.74, 6) is -0.505. The number of esters is 1. The first kappa shape index (κ1) is 78.0. The predicted molar refractivity (Wildman–Crippen MR) is 346 cm³/mol. The van der Waals surface area contributed by atoms with Gasteiger partial charge in [-0.1, -0.05) is 288 Å². The number of hydrogen-bond donors (Lipinski definition) is 2. The van der Waals surface area contributed by atoms with Crippen molar-refractivity contribution in [2.75, 3.05) is 40.9 Å². The normalized spacial score (nSPS) is 13.8. The zero-order chi connectivity index (χ0) is 58.6. The van der Waals surface area contributed by atoms with Crippen LogP contribution >= 0.6 is 7.82 Å². The van der Waals surface area contributed by atoms with E-state index in [2.05, 4.69) is 62.5 Å². The molecule has 0 aliphatic heterocycles. The third kappa shape index (κ3) is 60.6. The number of nitrogens with zero attached hydrogens (tertiary/aromatic N) is 1. The molecule has 9 nitrogen and oxygen atoms in total. The summed E-state index contributed by atoms with van der Waals surface area (Å²) in [5, 5.41) is 3.07. The summed E-state index contributed by atoms with van der Waals surface area (Å²) >= 11 is 0. The van der Waals surface area contributed by atoms with Gasteiger partial charge in [-0.05, 0) is 83.1 Å². The van der Waals surface area contributed by atoms with E-state index in [1.54, 1.807) is 0 Å². The van der Waals surface area contributed by atoms with Crippen molar-refractivity contribution in [2.24, 2.45) is 0 Å². The summed E-state index contributed by atoms with van der Waals surface area (Å²) < 4.78 is 30.8. The molecule has 10 heteroatoms. The van der Waals surface area contributed by atoms with Gasteiger partial charge < -0.3 is 19.4 Å². The minimum atomic E-state index is -4.45. The molecule has 0 aromatic rings. The van der Waals surface area contributed by atoms with E-state index in [1.165, 1.54) is 225 Å². The van der Waals surface area contributed by atoms with Gasteiger partial charge in [0.25, 0.3) is 0 Å². The molecule has 0 heterocycles. The Kier molecular flexibility index (Phi) is 58.6. The SMILES string of the molecule is CCCCC/C=C/C=C/CCCCCCCCC(=O)OC(/C=C\CCCCCCCCCCCC)C(COP(=O)(O)OCC[N+](C)(C)C)NC(=O)CCCCCCCCCCCCCCCCCCC/C=C/CCCCCCCC. The summed E-state index contributed by atoms with van der Waals surface area (Å²) in [4.78, 5) is 37.8. The van der Waals surface area contributed by atoms with Gasteiger partial charge in [-0.15, -0.1) is 0 Å². The molecule has 0 saturated carbocycles. The average molecular weight is 1150 g/mol. The van der Waals surface area contributed by atoms with Crippen LogP contribution in [0.1, 0.15) is 335 Å². The molecule has 0 fully saturated rings. The number of hydrogen-bond acceptors (Lipinski definition) is 6. The van der Waals surface area contributed by atoms with Crippen molar-refractivity contribution >= 4 is 19.7 Å². The first-order valence-corrected chi connectivity index (χ1v) is 36.0. The lowest BCUT2D eigenvalue weighted by atomic mass is 10.0. The fraction of sp³-hybridized carbons (Fsp3) is 0.857. The maximum atomic E-state index is 13.6. The van der Waals surface area contributed by atoms with Crippen molar-refractivity contribution in [3.8, 4) is 0 Å². The van der Waals surface area contributed by atoms with Gasteiger partial charge in [0.1, 0.15) is 19.3 Å². The highest BCUT2D eigenvalue weighted by Crippen LogP contribution is 2.43. The monoisotopic (exact) mass is 1150 g/mol. The molecule has 0 bridgehead atoms. The van der Waals surface area contributed by atoms with Crippen molar-refractivity contribution in [1.29, 1.82) is 0 Å². The Morgan fingerprint density at radius 3 is 1.16 bits per heavy atom. The van der Waals surface area contributed by atoms with Gasteiger partial charge in [-0.3, -0.25) is 18.6 Å². The van der Waals surface area contributed by atoms with Crippen molar-refractivity contribution in [3.63, 3.8) is 0 Å². The zero-order valence-electron chi connectivity index (χ0n) is 53.8. The number of phosphoric ester groups is 1. The number of carbonyl (C=O) groups excluding carboxylic acids is 2. The van der Waals surface area contributed by atoms with E-state index in [0.29, 0.717) is 17.4 Å². The van der Waals surface area contributed by atoms with Gasteiger partial charge in [0.15, 0.2) is 0 Å². The van der Waals surface area contributed by atoms with Crippen LogP contribution in [0.3, 0.4) is 0 Å². The van der Waals surface area contributed by atoms with Gasteiger partial charge in [0, 0.05) is 12.8 Å². The second-order valence-electron chi connectivity index (χ2n) is 24.7. The van der Waals surface area contributed by atoms with Crippen molar-refractivity contribution in [1.82, 2.24) is 5.32 Å². The van der Waals surface area contributed by atoms with Crippen LogP contribution in [-0.2, 0) is 27.9 Å². The maximum Gasteiger partial charge on any atom is 0.472 e. The lowest BCUT2D eigenvalue weighted by molar-refractivity contribution is -0.870. The Labute approximate surface area is 497 Å². The number of likely N-dealkylation sites (N-methyl/N-ethyl adjacent to an activating group) is 1. The van der Waals surface area contributed by atoms with Crippen LogP contribution in [0.15, 0.2) is 48.6 Å². The third-order valence-electron chi connectivity index (χ3n) is 15.5. The first-order chi connectivity index (χ1) is 38.9. The van der Waals surface area contributed by atoms with E-state index in [9.17, 15) is 19.0 Å². The average Bonchev–Trinajstić information content (AvgIpc) is 3.43. The molecule has 0 radical (unpaired) electrons. The standard InChI is InChI=1S/C70H133N2O7P/c1-7-10-13-16-19-22-25-28-30-31-32-33-34-35-36-37-38-39-40-41-43-44-47-50-53-56-59-62-69(73)71-67(66-78-80(75,76)77-65-64-72(4,5)6)68(61-58-55-52-49-46-27-24-21-18-15-12-9-3)79-70(74)63-60-57-54-51-48-45-42-29-26-23-20-17-14-11-8-2/h20,23,26,28-30,58,61,67-68H,7-19,21-22,24-25,27,31-57,59-60,62-66H2,1-6H3,(H-,71,73,75,76)/p+1/b23-20+,29-26+,30-28+,61-58-. The van der Waals surface area contributed by atoms with E-state index < -0.39 is 20.0 Å². The molecule has 0 saturated heterocycles. The number of unbranched alkanes of at least 4 members (excludes halogenated alkanes) is 42. The minimum Gasteiger partial charge on any atom is -0.456 e. The second-order valence-corrected chi connectivity index (χ2v) is 26.2. The van der Waals surface area contributed by atoms with Gasteiger partial charge in [-0.25, -0.2) is 4.57 Å². The quantitative estimate of drug-likeness (QED) is 0.0156. The summed E-state index contributed by atoms with van der Waals surface area (Å²) in [6.07, 6.45) is 75.5. The molecule has 0 aromatic carbocycles. The van der Waals surface area contributed by atoms with Crippen LogP contribution < -0.4 is 5.32 Å². The number of phosphoric acid groups is 1. The molecule has 3 atom stereocenters. The molecule has 2 N–H and O–H groups in total. The largest absolute Gasteiger partial charge is 0.472 e. The molecule has 0 aliphatic rings. The number of ether oxygens (including phenoxy) is 1. The van der Waals surface area contributed by atoms with Crippen molar-refractivity contribution < 1.29 is 37.3 Å². The smallest absolute Gasteiger partial charge is 0.456 e. The lowest BCUT2D eigenvalue weighted by Gasteiger charge is -2.27. The molecule has 0 aliphatic carbocycles. The van der Waals surface area contributed by atoms with Gasteiger partial charge in [0.05, 0.1) is 33.8 Å². The van der Waals surface area contributed by atoms with Crippen LogP contribution in [-0.4, -0.2) is 74.3 Å². The van der Waals surface area contributed by atoms with Crippen molar-refractivity contribution in [3.05, 3.63) is 48.6 Å². The number of rotatable bonds is 63. The lowest BCUT2D eigenvalue weighted by Crippen LogP contribution is -2.47. The Bertz CT molecular complexity index is 1510. The number of nitrogens with one attached hydrogen (secondary N) is 1. The Morgan fingerprint density at radius 1 is 0.438 bits per heavy atom. The van der Waals surface area contributed by atoms with E-state index in [4.69, 9.17) is 13.8 Å². The predicted octanol–water partition coefficient (Wildman–Crippen LogP) is 21.6. The Balaban J connectivity index is 5.00. The first-order valence-electron chi connectivity index (χ1n) is 34.5. The van der Waals surface area contributed by atoms with Crippen LogP contribution in [0, 0.1) is 0 Å².